The Morgan fingerprint density at radius 3 is 2.22 bits per heavy atom. The predicted molar refractivity (Wildman–Crippen MR) is 58.1 cm³/mol. The molecule has 0 saturated carbocycles. The van der Waals surface area contributed by atoms with Crippen LogP contribution in [-0.2, 0) is 4.74 Å². The summed E-state index contributed by atoms with van der Waals surface area (Å²) in [6.45, 7) is 5.70. The van der Waals surface area contributed by atoms with Crippen LogP contribution in [0.15, 0.2) is 0 Å². The Labute approximate surface area is 103 Å². The molecule has 0 aromatic rings. The predicted octanol–water partition coefficient (Wildman–Crippen LogP) is 1.76. The van der Waals surface area contributed by atoms with Gasteiger partial charge in [-0.15, -0.1) is 0 Å². The van der Waals surface area contributed by atoms with Crippen LogP contribution >= 0.6 is 0 Å². The zero-order valence-corrected chi connectivity index (χ0v) is 10.6. The third-order valence-corrected chi connectivity index (χ3v) is 3.26. The summed E-state index contributed by atoms with van der Waals surface area (Å²) in [5, 5.41) is 2.38. The Morgan fingerprint density at radius 1 is 1.33 bits per heavy atom. The van der Waals surface area contributed by atoms with Crippen molar-refractivity contribution in [2.45, 2.75) is 38.6 Å². The maximum absolute atomic E-state index is 12.6. The zero-order chi connectivity index (χ0) is 13.8. The van der Waals surface area contributed by atoms with Gasteiger partial charge in [-0.05, 0) is 20.8 Å². The molecule has 2 aliphatic rings. The van der Waals surface area contributed by atoms with E-state index in [0.29, 0.717) is 6.54 Å². The number of ether oxygens (including phenoxy) is 1. The largest absolute Gasteiger partial charge is 0.444 e. The highest BCUT2D eigenvalue weighted by molar-refractivity contribution is 5.69. The first kappa shape index (κ1) is 13.5. The Bertz CT molecular complexity index is 356. The van der Waals surface area contributed by atoms with E-state index in [0.717, 1.165) is 0 Å². The van der Waals surface area contributed by atoms with E-state index in [-0.39, 0.29) is 13.1 Å². The van der Waals surface area contributed by atoms with Crippen molar-refractivity contribution in [3.8, 4) is 0 Å². The smallest absolute Gasteiger partial charge is 0.410 e. The van der Waals surface area contributed by atoms with E-state index >= 15 is 0 Å². The van der Waals surface area contributed by atoms with Crippen LogP contribution in [-0.4, -0.2) is 48.4 Å². The first-order chi connectivity index (χ1) is 8.04. The van der Waals surface area contributed by atoms with Gasteiger partial charge in [0.05, 0.1) is 0 Å². The van der Waals surface area contributed by atoms with Crippen molar-refractivity contribution < 1.29 is 22.7 Å². The van der Waals surface area contributed by atoms with Crippen molar-refractivity contribution in [3.05, 3.63) is 0 Å². The van der Waals surface area contributed by atoms with Crippen LogP contribution in [0.2, 0.25) is 0 Å². The lowest BCUT2D eigenvalue weighted by Gasteiger charge is -2.60. The van der Waals surface area contributed by atoms with E-state index in [1.807, 2.05) is 0 Å². The molecule has 0 aromatic heterocycles. The molecule has 0 aliphatic carbocycles. The van der Waals surface area contributed by atoms with Gasteiger partial charge in [0.2, 0.25) is 0 Å². The van der Waals surface area contributed by atoms with Gasteiger partial charge in [0.15, 0.2) is 0 Å². The van der Waals surface area contributed by atoms with Crippen LogP contribution in [0, 0.1) is 5.41 Å². The minimum atomic E-state index is -4.25. The second kappa shape index (κ2) is 3.76. The van der Waals surface area contributed by atoms with Crippen LogP contribution in [0.25, 0.3) is 0 Å². The summed E-state index contributed by atoms with van der Waals surface area (Å²) in [6, 6.07) is -1.50. The van der Waals surface area contributed by atoms with Gasteiger partial charge in [0.25, 0.3) is 0 Å². The van der Waals surface area contributed by atoms with Crippen molar-refractivity contribution in [2.24, 2.45) is 5.41 Å². The van der Waals surface area contributed by atoms with Crippen molar-refractivity contribution in [1.82, 2.24) is 10.2 Å². The number of carbonyl (C=O) groups excluding carboxylic acids is 1. The number of alkyl halides is 3. The molecule has 4 nitrogen and oxygen atoms in total. The summed E-state index contributed by atoms with van der Waals surface area (Å²) in [4.78, 5) is 13.0. The lowest BCUT2D eigenvalue weighted by atomic mass is 9.67. The second-order valence-electron chi connectivity index (χ2n) is 6.05. The third kappa shape index (κ3) is 2.28. The van der Waals surface area contributed by atoms with E-state index in [9.17, 15) is 18.0 Å². The van der Waals surface area contributed by atoms with Crippen LogP contribution in [0.3, 0.4) is 0 Å². The van der Waals surface area contributed by atoms with E-state index in [2.05, 4.69) is 5.32 Å². The van der Waals surface area contributed by atoms with E-state index < -0.39 is 29.3 Å². The van der Waals surface area contributed by atoms with Gasteiger partial charge in [-0.3, -0.25) is 0 Å². The molecule has 2 aliphatic heterocycles. The van der Waals surface area contributed by atoms with Crippen molar-refractivity contribution >= 4 is 6.09 Å². The number of hydrogen-bond acceptors (Lipinski definition) is 3. The molecule has 1 N–H and O–H groups in total. The highest BCUT2D eigenvalue weighted by Gasteiger charge is 2.65. The minimum absolute atomic E-state index is 0.110. The minimum Gasteiger partial charge on any atom is -0.444 e. The molecule has 7 heteroatoms. The second-order valence-corrected chi connectivity index (χ2v) is 6.05. The fourth-order valence-electron chi connectivity index (χ4n) is 2.42. The molecule has 1 spiro atoms. The average Bonchev–Trinajstić information content (AvgIpc) is 1.90. The van der Waals surface area contributed by atoms with Crippen LogP contribution in [0.5, 0.6) is 0 Å². The summed E-state index contributed by atoms with van der Waals surface area (Å²) in [5.74, 6) is 0. The van der Waals surface area contributed by atoms with Crippen molar-refractivity contribution in [2.75, 3.05) is 19.6 Å². The number of nitrogens with one attached hydrogen (secondary N) is 1. The molecule has 1 unspecified atom stereocenters. The Morgan fingerprint density at radius 2 is 1.89 bits per heavy atom. The van der Waals surface area contributed by atoms with Gasteiger partial charge in [-0.25, -0.2) is 4.79 Å². The van der Waals surface area contributed by atoms with Crippen LogP contribution in [0.1, 0.15) is 20.8 Å². The topological polar surface area (TPSA) is 41.6 Å². The van der Waals surface area contributed by atoms with Gasteiger partial charge >= 0.3 is 12.3 Å². The van der Waals surface area contributed by atoms with Gasteiger partial charge in [-0.1, -0.05) is 0 Å². The molecule has 2 rings (SSSR count). The van der Waals surface area contributed by atoms with E-state index in [1.54, 1.807) is 20.8 Å². The van der Waals surface area contributed by atoms with Crippen molar-refractivity contribution in [1.29, 1.82) is 0 Å². The quantitative estimate of drug-likeness (QED) is 0.726. The van der Waals surface area contributed by atoms with E-state index in [4.69, 9.17) is 4.74 Å². The summed E-state index contributed by atoms with van der Waals surface area (Å²) < 4.78 is 43.0. The number of halogens is 3. The summed E-state index contributed by atoms with van der Waals surface area (Å²) in [7, 11) is 0. The molecule has 1 atom stereocenters. The molecule has 2 fully saturated rings. The van der Waals surface area contributed by atoms with Crippen LogP contribution in [0.4, 0.5) is 18.0 Å². The molecule has 2 heterocycles. The maximum Gasteiger partial charge on any atom is 0.410 e. The zero-order valence-electron chi connectivity index (χ0n) is 10.6. The molecule has 0 bridgehead atoms. The molecule has 2 saturated heterocycles. The molecule has 18 heavy (non-hydrogen) atoms. The van der Waals surface area contributed by atoms with Gasteiger partial charge in [-0.2, -0.15) is 13.2 Å². The fourth-order valence-corrected chi connectivity index (χ4v) is 2.42. The highest BCUT2D eigenvalue weighted by atomic mass is 19.4. The van der Waals surface area contributed by atoms with Crippen LogP contribution < -0.4 is 5.32 Å². The summed E-state index contributed by atoms with van der Waals surface area (Å²) in [6.07, 6.45) is -4.79. The number of hydrogen-bond donors (Lipinski definition) is 1. The summed E-state index contributed by atoms with van der Waals surface area (Å²) >= 11 is 0. The van der Waals surface area contributed by atoms with Gasteiger partial charge in [0, 0.05) is 25.0 Å². The number of nitrogens with zero attached hydrogens (tertiary/aromatic N) is 1. The fraction of sp³-hybridized carbons (Fsp3) is 0.909. The number of likely N-dealkylation sites (tertiary alicyclic amines) is 1. The van der Waals surface area contributed by atoms with Crippen molar-refractivity contribution in [3.63, 3.8) is 0 Å². The Hall–Kier alpha value is -0.980. The Kier molecular flexibility index (Phi) is 2.81. The van der Waals surface area contributed by atoms with E-state index in [1.165, 1.54) is 4.90 Å². The molecular weight excluding hydrogens is 249 g/mol. The normalized spacial score (nSPS) is 26.6. The Balaban J connectivity index is 1.89. The number of carbonyl (C=O) groups is 1. The maximum atomic E-state index is 12.6. The van der Waals surface area contributed by atoms with Gasteiger partial charge < -0.3 is 15.0 Å². The lowest BCUT2D eigenvalue weighted by molar-refractivity contribution is -0.234. The first-order valence-electron chi connectivity index (χ1n) is 5.82. The molecule has 0 aromatic carbocycles. The third-order valence-electron chi connectivity index (χ3n) is 3.26. The van der Waals surface area contributed by atoms with Gasteiger partial charge in [0.1, 0.15) is 11.6 Å². The SMILES string of the molecule is CC(C)(C)OC(=O)N1CC2(CNC2C(F)(F)F)C1. The first-order valence-corrected chi connectivity index (χ1v) is 5.82. The standard InChI is InChI=1S/C11H17F3N2O2/c1-9(2,3)18-8(17)16-5-10(6-16)4-15-7(10)11(12,13)14/h7,15H,4-6H2,1-3H3. The molecule has 1 amide bonds. The lowest BCUT2D eigenvalue weighted by Crippen LogP contribution is -2.80. The highest BCUT2D eigenvalue weighted by Crippen LogP contribution is 2.46. The monoisotopic (exact) mass is 266 g/mol. The molecular formula is C11H17F3N2O2. The number of rotatable bonds is 0. The molecule has 0 radical (unpaired) electrons. The summed E-state index contributed by atoms with van der Waals surface area (Å²) in [5.41, 5.74) is -1.46. The average molecular weight is 266 g/mol. The number of amides is 1. The molecule has 104 valence electrons.